The molecule has 0 radical (unpaired) electrons. The van der Waals surface area contributed by atoms with Crippen molar-refractivity contribution in [2.24, 2.45) is 5.92 Å². The Hall–Kier alpha value is -3.53. The quantitative estimate of drug-likeness (QED) is 0.332. The average molecular weight is 484 g/mol. The summed E-state index contributed by atoms with van der Waals surface area (Å²) in [6.45, 7) is 0.770. The molecule has 4 N–H and O–H groups in total. The molecular weight excluding hydrogens is 458 g/mol. The van der Waals surface area contributed by atoms with E-state index in [9.17, 15) is 9.59 Å². The zero-order valence-corrected chi connectivity index (χ0v) is 19.3. The Kier molecular flexibility index (Phi) is 7.69. The molecule has 4 rings (SSSR count). The molecule has 34 heavy (non-hydrogen) atoms. The SMILES string of the molecule is O=C(O)CCC(=O)Nc1cnc(NCC2CCC(Nc3ccc4ccnc(Cl)c4n3)CC2)nc1. The first-order chi connectivity index (χ1) is 16.5. The number of aliphatic carboxylic acids is 1. The summed E-state index contributed by atoms with van der Waals surface area (Å²) in [4.78, 5) is 39.4. The maximum atomic E-state index is 11.7. The minimum Gasteiger partial charge on any atom is -0.481 e. The number of hydrogen-bond acceptors (Lipinski definition) is 8. The third-order valence-electron chi connectivity index (χ3n) is 5.81. The van der Waals surface area contributed by atoms with Crippen molar-refractivity contribution >= 4 is 51.8 Å². The molecule has 3 heterocycles. The van der Waals surface area contributed by atoms with E-state index in [0.717, 1.165) is 43.4 Å². The number of carbonyl (C=O) groups is 2. The third kappa shape index (κ3) is 6.50. The first-order valence-corrected chi connectivity index (χ1v) is 11.6. The number of hydrogen-bond donors (Lipinski definition) is 4. The molecule has 11 heteroatoms. The van der Waals surface area contributed by atoms with Gasteiger partial charge < -0.3 is 21.1 Å². The number of amides is 1. The van der Waals surface area contributed by atoms with Gasteiger partial charge in [-0.25, -0.2) is 19.9 Å². The van der Waals surface area contributed by atoms with E-state index in [4.69, 9.17) is 16.7 Å². The predicted molar refractivity (Wildman–Crippen MR) is 130 cm³/mol. The van der Waals surface area contributed by atoms with Gasteiger partial charge in [0.05, 0.1) is 24.5 Å². The zero-order valence-electron chi connectivity index (χ0n) is 18.5. The van der Waals surface area contributed by atoms with E-state index < -0.39 is 5.97 Å². The summed E-state index contributed by atoms with van der Waals surface area (Å²) in [6, 6.07) is 6.23. The maximum absolute atomic E-state index is 11.7. The Balaban J connectivity index is 1.20. The van der Waals surface area contributed by atoms with Crippen LogP contribution < -0.4 is 16.0 Å². The van der Waals surface area contributed by atoms with Gasteiger partial charge in [-0.2, -0.15) is 0 Å². The second-order valence-electron chi connectivity index (χ2n) is 8.35. The molecule has 178 valence electrons. The fourth-order valence-electron chi connectivity index (χ4n) is 3.98. The number of rotatable bonds is 9. The van der Waals surface area contributed by atoms with Crippen molar-refractivity contribution in [3.05, 3.63) is 41.9 Å². The van der Waals surface area contributed by atoms with Crippen LogP contribution in [0.5, 0.6) is 0 Å². The lowest BCUT2D eigenvalue weighted by atomic mass is 9.86. The Morgan fingerprint density at radius 2 is 1.79 bits per heavy atom. The van der Waals surface area contributed by atoms with Crippen LogP contribution in [-0.4, -0.2) is 49.5 Å². The summed E-state index contributed by atoms with van der Waals surface area (Å²) in [5.41, 5.74) is 1.14. The minimum absolute atomic E-state index is 0.0885. The number of nitrogens with zero attached hydrogens (tertiary/aromatic N) is 4. The fraction of sp³-hybridized carbons (Fsp3) is 0.391. The van der Waals surface area contributed by atoms with Crippen LogP contribution in [0.15, 0.2) is 36.8 Å². The Bertz CT molecular complexity index is 1150. The minimum atomic E-state index is -1.01. The van der Waals surface area contributed by atoms with Crippen molar-refractivity contribution in [2.45, 2.75) is 44.6 Å². The molecule has 0 spiro atoms. The molecule has 0 atom stereocenters. The second-order valence-corrected chi connectivity index (χ2v) is 8.71. The van der Waals surface area contributed by atoms with Gasteiger partial charge in [-0.05, 0) is 49.8 Å². The number of anilines is 3. The van der Waals surface area contributed by atoms with E-state index >= 15 is 0 Å². The summed E-state index contributed by atoms with van der Waals surface area (Å²) in [5.74, 6) is 0.432. The third-order valence-corrected chi connectivity index (χ3v) is 6.09. The van der Waals surface area contributed by atoms with Gasteiger partial charge in [-0.3, -0.25) is 9.59 Å². The van der Waals surface area contributed by atoms with Gasteiger partial charge in [0.2, 0.25) is 11.9 Å². The highest BCUT2D eigenvalue weighted by Gasteiger charge is 2.21. The highest BCUT2D eigenvalue weighted by atomic mass is 35.5. The number of aromatic nitrogens is 4. The van der Waals surface area contributed by atoms with Crippen LogP contribution in [0.1, 0.15) is 38.5 Å². The number of carbonyl (C=O) groups excluding carboxylic acids is 1. The predicted octanol–water partition coefficient (Wildman–Crippen LogP) is 3.96. The molecule has 1 aliphatic carbocycles. The number of carboxylic acids is 1. The zero-order chi connectivity index (χ0) is 23.9. The number of carboxylic acid groups (broad SMARTS) is 1. The van der Waals surface area contributed by atoms with Crippen LogP contribution in [0.4, 0.5) is 17.5 Å². The summed E-state index contributed by atoms with van der Waals surface area (Å²) in [5, 5.41) is 19.4. The van der Waals surface area contributed by atoms with Crippen molar-refractivity contribution in [1.82, 2.24) is 19.9 Å². The van der Waals surface area contributed by atoms with E-state index in [1.54, 1.807) is 6.20 Å². The summed E-state index contributed by atoms with van der Waals surface area (Å²) in [6.07, 6.45) is 8.60. The molecule has 1 aliphatic rings. The summed E-state index contributed by atoms with van der Waals surface area (Å²) >= 11 is 6.17. The largest absolute Gasteiger partial charge is 0.481 e. The van der Waals surface area contributed by atoms with Gasteiger partial charge in [0, 0.05) is 30.6 Å². The van der Waals surface area contributed by atoms with E-state index in [1.165, 1.54) is 12.4 Å². The molecular formula is C23H26ClN7O3. The van der Waals surface area contributed by atoms with Crippen LogP contribution in [0, 0.1) is 5.92 Å². The van der Waals surface area contributed by atoms with Crippen LogP contribution in [-0.2, 0) is 9.59 Å². The summed E-state index contributed by atoms with van der Waals surface area (Å²) < 4.78 is 0. The number of pyridine rings is 2. The van der Waals surface area contributed by atoms with Crippen molar-refractivity contribution in [1.29, 1.82) is 0 Å². The lowest BCUT2D eigenvalue weighted by Gasteiger charge is -2.29. The Morgan fingerprint density at radius 1 is 1.03 bits per heavy atom. The van der Waals surface area contributed by atoms with Crippen LogP contribution in [0.25, 0.3) is 10.9 Å². The molecule has 1 saturated carbocycles. The van der Waals surface area contributed by atoms with Crippen molar-refractivity contribution in [3.63, 3.8) is 0 Å². The summed E-state index contributed by atoms with van der Waals surface area (Å²) in [7, 11) is 0. The first kappa shape index (κ1) is 23.6. The van der Waals surface area contributed by atoms with Gasteiger partial charge in [0.1, 0.15) is 11.3 Å². The molecule has 3 aromatic heterocycles. The topological polar surface area (TPSA) is 142 Å². The fourth-order valence-corrected chi connectivity index (χ4v) is 4.19. The van der Waals surface area contributed by atoms with Crippen LogP contribution in [0.3, 0.4) is 0 Å². The monoisotopic (exact) mass is 483 g/mol. The molecule has 0 aromatic carbocycles. The molecule has 0 unspecified atom stereocenters. The number of halogens is 1. The van der Waals surface area contributed by atoms with E-state index in [1.807, 2.05) is 18.2 Å². The lowest BCUT2D eigenvalue weighted by Crippen LogP contribution is -2.29. The molecule has 1 fully saturated rings. The Morgan fingerprint density at radius 3 is 2.53 bits per heavy atom. The molecule has 3 aromatic rings. The van der Waals surface area contributed by atoms with Gasteiger partial charge in [0.15, 0.2) is 5.15 Å². The molecule has 0 bridgehead atoms. The number of fused-ring (bicyclic) bond motifs is 1. The van der Waals surface area contributed by atoms with Crippen LogP contribution in [0.2, 0.25) is 5.15 Å². The van der Waals surface area contributed by atoms with Crippen molar-refractivity contribution in [3.8, 4) is 0 Å². The first-order valence-electron chi connectivity index (χ1n) is 11.2. The molecule has 0 saturated heterocycles. The van der Waals surface area contributed by atoms with Gasteiger partial charge in [-0.1, -0.05) is 11.6 Å². The van der Waals surface area contributed by atoms with Gasteiger partial charge in [-0.15, -0.1) is 0 Å². The van der Waals surface area contributed by atoms with Crippen LogP contribution >= 0.6 is 11.6 Å². The average Bonchev–Trinajstić information content (AvgIpc) is 2.84. The highest BCUT2D eigenvalue weighted by Crippen LogP contribution is 2.27. The highest BCUT2D eigenvalue weighted by molar-refractivity contribution is 6.33. The normalized spacial score (nSPS) is 17.8. The Labute approximate surface area is 201 Å². The van der Waals surface area contributed by atoms with E-state index in [2.05, 4.69) is 35.9 Å². The number of nitrogens with one attached hydrogen (secondary N) is 3. The van der Waals surface area contributed by atoms with Crippen molar-refractivity contribution < 1.29 is 14.7 Å². The molecule has 10 nitrogen and oxygen atoms in total. The van der Waals surface area contributed by atoms with Gasteiger partial charge >= 0.3 is 5.97 Å². The maximum Gasteiger partial charge on any atom is 0.303 e. The lowest BCUT2D eigenvalue weighted by molar-refractivity contribution is -0.138. The van der Waals surface area contributed by atoms with E-state index in [-0.39, 0.29) is 18.7 Å². The smallest absolute Gasteiger partial charge is 0.303 e. The molecule has 0 aliphatic heterocycles. The van der Waals surface area contributed by atoms with Crippen molar-refractivity contribution in [2.75, 3.05) is 22.5 Å². The van der Waals surface area contributed by atoms with E-state index in [0.29, 0.717) is 34.3 Å². The van der Waals surface area contributed by atoms with Gasteiger partial charge in [0.25, 0.3) is 0 Å². The molecule has 1 amide bonds. The standard InChI is InChI=1S/C23H26ClN7O3/c24-22-21-15(9-10-25-22)3-6-18(31-21)29-16-4-1-14(2-5-16)11-26-23-27-12-17(13-28-23)30-19(32)7-8-20(33)34/h3,6,9-10,12-14,16H,1-2,4-5,7-8,11H2,(H,29,31)(H,30,32)(H,33,34)(H,26,27,28). The second kappa shape index (κ2) is 11.1.